The first-order chi connectivity index (χ1) is 14.2. The largest absolute Gasteiger partial charge is 0.355 e. The van der Waals surface area contributed by atoms with Crippen LogP contribution >= 0.6 is 0 Å². The van der Waals surface area contributed by atoms with E-state index in [9.17, 15) is 4.39 Å². The smallest absolute Gasteiger partial charge is 0.142 e. The molecule has 0 saturated carbocycles. The third-order valence-corrected chi connectivity index (χ3v) is 5.21. The lowest BCUT2D eigenvalue weighted by atomic mass is 10.1. The molecule has 1 aliphatic rings. The molecule has 7 nitrogen and oxygen atoms in total. The maximum atomic E-state index is 13.6. The predicted octanol–water partition coefficient (Wildman–Crippen LogP) is 3.15. The number of rotatable bonds is 3. The number of nitrogens with zero attached hydrogens (tertiary/aromatic N) is 5. The van der Waals surface area contributed by atoms with Crippen LogP contribution < -0.4 is 10.6 Å². The molecular weight excluding hydrogens is 369 g/mol. The van der Waals surface area contributed by atoms with Crippen molar-refractivity contribution in [1.82, 2.24) is 25.1 Å². The zero-order valence-corrected chi connectivity index (χ0v) is 15.7. The molecule has 4 aromatic heterocycles. The summed E-state index contributed by atoms with van der Waals surface area (Å²) in [5, 5.41) is 8.34. The van der Waals surface area contributed by atoms with Crippen molar-refractivity contribution < 1.29 is 4.39 Å². The Morgan fingerprint density at radius 3 is 2.93 bits per heavy atom. The monoisotopic (exact) mass is 389 g/mol. The number of nitrogens with two attached hydrogens (primary N) is 1. The maximum absolute atomic E-state index is 13.6. The van der Waals surface area contributed by atoms with Gasteiger partial charge < -0.3 is 10.6 Å². The van der Waals surface area contributed by atoms with Gasteiger partial charge in [-0.25, -0.2) is 9.37 Å². The lowest BCUT2D eigenvalue weighted by Gasteiger charge is -2.31. The summed E-state index contributed by atoms with van der Waals surface area (Å²) >= 11 is 0. The number of H-pyrrole nitrogens is 1. The van der Waals surface area contributed by atoms with Crippen molar-refractivity contribution in [3.63, 3.8) is 0 Å². The molecule has 0 radical (unpaired) electrons. The fourth-order valence-electron chi connectivity index (χ4n) is 3.77. The van der Waals surface area contributed by atoms with E-state index in [-0.39, 0.29) is 6.04 Å². The Morgan fingerprint density at radius 1 is 1.14 bits per heavy atom. The Morgan fingerprint density at radius 2 is 2.07 bits per heavy atom. The third-order valence-electron chi connectivity index (χ3n) is 5.21. The first kappa shape index (κ1) is 17.7. The predicted molar refractivity (Wildman–Crippen MR) is 110 cm³/mol. The molecule has 8 heteroatoms. The number of fused-ring (bicyclic) bond motifs is 1. The fourth-order valence-corrected chi connectivity index (χ4v) is 3.77. The van der Waals surface area contributed by atoms with E-state index in [4.69, 9.17) is 10.7 Å². The van der Waals surface area contributed by atoms with Crippen LogP contribution in [0.2, 0.25) is 0 Å². The number of halogens is 1. The van der Waals surface area contributed by atoms with Gasteiger partial charge in [0.1, 0.15) is 17.3 Å². The van der Waals surface area contributed by atoms with E-state index in [1.807, 2.05) is 24.3 Å². The average molecular weight is 389 g/mol. The van der Waals surface area contributed by atoms with Gasteiger partial charge in [-0.3, -0.25) is 15.1 Å². The fraction of sp³-hybridized carbons (Fsp3) is 0.238. The number of hydrogen-bond acceptors (Lipinski definition) is 6. The van der Waals surface area contributed by atoms with Crippen LogP contribution in [0.5, 0.6) is 0 Å². The number of piperidine rings is 1. The highest BCUT2D eigenvalue weighted by atomic mass is 19.1. The zero-order chi connectivity index (χ0) is 19.8. The van der Waals surface area contributed by atoms with Crippen LogP contribution in [0.4, 0.5) is 10.2 Å². The van der Waals surface area contributed by atoms with Crippen molar-refractivity contribution in [3.8, 4) is 22.6 Å². The lowest BCUT2D eigenvalue weighted by molar-refractivity contribution is 0.503. The minimum absolute atomic E-state index is 0.175. The van der Waals surface area contributed by atoms with E-state index in [1.165, 1.54) is 12.3 Å². The first-order valence-electron chi connectivity index (χ1n) is 9.60. The van der Waals surface area contributed by atoms with Crippen molar-refractivity contribution in [1.29, 1.82) is 0 Å². The molecule has 3 N–H and O–H groups in total. The molecule has 5 rings (SSSR count). The van der Waals surface area contributed by atoms with Crippen molar-refractivity contribution in [2.75, 3.05) is 18.0 Å². The van der Waals surface area contributed by atoms with Crippen LogP contribution in [-0.2, 0) is 0 Å². The van der Waals surface area contributed by atoms with Crippen molar-refractivity contribution in [2.24, 2.45) is 5.73 Å². The topological polar surface area (TPSA) is 96.6 Å². The van der Waals surface area contributed by atoms with Crippen molar-refractivity contribution >= 4 is 16.7 Å². The summed E-state index contributed by atoms with van der Waals surface area (Å²) in [6.45, 7) is 1.75. The molecule has 0 spiro atoms. The summed E-state index contributed by atoms with van der Waals surface area (Å²) in [4.78, 5) is 15.4. The number of aromatic amines is 1. The standard InChI is InChI=1S/C21H20FN7/c22-14-7-13(9-24-10-14)18-8-16-19(11-25-18)27-28-21(16)17-4-1-5-20(26-17)29-6-2-3-15(23)12-29/h1,4-5,7-11,15H,2-3,6,12,23H2,(H,27,28)/t15-/m0/s1. The van der Waals surface area contributed by atoms with E-state index in [0.29, 0.717) is 11.3 Å². The van der Waals surface area contributed by atoms with Gasteiger partial charge in [-0.1, -0.05) is 6.07 Å². The van der Waals surface area contributed by atoms with Crippen LogP contribution in [0.3, 0.4) is 0 Å². The van der Waals surface area contributed by atoms with Crippen LogP contribution in [0.25, 0.3) is 33.5 Å². The summed E-state index contributed by atoms with van der Waals surface area (Å²) in [5.74, 6) is 0.503. The highest BCUT2D eigenvalue weighted by Crippen LogP contribution is 2.29. The molecule has 4 aromatic rings. The molecule has 1 saturated heterocycles. The molecule has 1 fully saturated rings. The molecule has 29 heavy (non-hydrogen) atoms. The second-order valence-electron chi connectivity index (χ2n) is 7.31. The second kappa shape index (κ2) is 7.21. The Labute approximate surface area is 166 Å². The Bertz CT molecular complexity index is 1170. The molecule has 0 aliphatic carbocycles. The van der Waals surface area contributed by atoms with Crippen LogP contribution in [0.15, 0.2) is 48.9 Å². The van der Waals surface area contributed by atoms with Gasteiger partial charge in [0.2, 0.25) is 0 Å². The highest BCUT2D eigenvalue weighted by molar-refractivity contribution is 5.93. The lowest BCUT2D eigenvalue weighted by Crippen LogP contribution is -2.43. The van der Waals surface area contributed by atoms with Gasteiger partial charge in [0, 0.05) is 36.3 Å². The summed E-state index contributed by atoms with van der Waals surface area (Å²) in [6, 6.07) is 9.40. The quantitative estimate of drug-likeness (QED) is 0.559. The zero-order valence-electron chi connectivity index (χ0n) is 15.7. The van der Waals surface area contributed by atoms with E-state index >= 15 is 0 Å². The summed E-state index contributed by atoms with van der Waals surface area (Å²) in [6.07, 6.45) is 6.57. The minimum atomic E-state index is -0.397. The van der Waals surface area contributed by atoms with E-state index in [1.54, 1.807) is 12.4 Å². The minimum Gasteiger partial charge on any atom is -0.355 e. The number of nitrogens with one attached hydrogen (secondary N) is 1. The van der Waals surface area contributed by atoms with Gasteiger partial charge in [-0.2, -0.15) is 5.10 Å². The molecule has 0 unspecified atom stereocenters. The summed E-state index contributed by atoms with van der Waals surface area (Å²) in [5.41, 5.74) is 9.66. The summed E-state index contributed by atoms with van der Waals surface area (Å²) < 4.78 is 13.6. The molecule has 5 heterocycles. The molecule has 1 aliphatic heterocycles. The second-order valence-corrected chi connectivity index (χ2v) is 7.31. The molecule has 0 aromatic carbocycles. The molecule has 0 amide bonds. The maximum Gasteiger partial charge on any atom is 0.142 e. The molecule has 1 atom stereocenters. The first-order valence-corrected chi connectivity index (χ1v) is 9.60. The van der Waals surface area contributed by atoms with Crippen LogP contribution in [0, 0.1) is 5.82 Å². The normalized spacial score (nSPS) is 17.0. The SMILES string of the molecule is N[C@H]1CCCN(c2cccc(-c3n[nH]c4cnc(-c5cncc(F)c5)cc34)n2)C1. The van der Waals surface area contributed by atoms with Crippen molar-refractivity contribution in [2.45, 2.75) is 18.9 Å². The highest BCUT2D eigenvalue weighted by Gasteiger charge is 2.19. The molecule has 146 valence electrons. The van der Waals surface area contributed by atoms with Gasteiger partial charge in [0.25, 0.3) is 0 Å². The third kappa shape index (κ3) is 3.42. The Kier molecular flexibility index (Phi) is 4.40. The molecular formula is C21H20FN7. The Balaban J connectivity index is 1.55. The number of aromatic nitrogens is 5. The molecule has 0 bridgehead atoms. The summed E-state index contributed by atoms with van der Waals surface area (Å²) in [7, 11) is 0. The number of anilines is 1. The van der Waals surface area contributed by atoms with Gasteiger partial charge >= 0.3 is 0 Å². The van der Waals surface area contributed by atoms with Gasteiger partial charge in [-0.15, -0.1) is 0 Å². The van der Waals surface area contributed by atoms with Crippen LogP contribution in [-0.4, -0.2) is 44.3 Å². The van der Waals surface area contributed by atoms with Gasteiger partial charge in [0.15, 0.2) is 0 Å². The van der Waals surface area contributed by atoms with E-state index < -0.39 is 5.82 Å². The Hall–Kier alpha value is -3.39. The van der Waals surface area contributed by atoms with E-state index in [2.05, 4.69) is 25.1 Å². The van der Waals surface area contributed by atoms with Gasteiger partial charge in [0.05, 0.1) is 29.3 Å². The van der Waals surface area contributed by atoms with Crippen molar-refractivity contribution in [3.05, 3.63) is 54.7 Å². The number of pyridine rings is 3. The van der Waals surface area contributed by atoms with Crippen LogP contribution in [0.1, 0.15) is 12.8 Å². The average Bonchev–Trinajstić information content (AvgIpc) is 3.17. The number of hydrogen-bond donors (Lipinski definition) is 2. The van der Waals surface area contributed by atoms with E-state index in [0.717, 1.165) is 54.0 Å². The van der Waals surface area contributed by atoms with Gasteiger partial charge in [-0.05, 0) is 37.1 Å².